The third-order valence-electron chi connectivity index (χ3n) is 5.22. The zero-order valence-electron chi connectivity index (χ0n) is 17.1. The molecule has 1 fully saturated rings. The van der Waals surface area contributed by atoms with Crippen molar-refractivity contribution in [2.45, 2.75) is 25.8 Å². The fourth-order valence-corrected chi connectivity index (χ4v) is 3.98. The van der Waals surface area contributed by atoms with E-state index in [2.05, 4.69) is 15.3 Å². The molecule has 2 aromatic rings. The molecule has 9 nitrogen and oxygen atoms in total. The van der Waals surface area contributed by atoms with Crippen molar-refractivity contribution in [3.05, 3.63) is 40.7 Å². The second kappa shape index (κ2) is 9.17. The molecule has 30 heavy (non-hydrogen) atoms. The highest BCUT2D eigenvalue weighted by atomic mass is 35.5. The van der Waals surface area contributed by atoms with E-state index in [1.165, 1.54) is 6.33 Å². The number of halogens is 1. The lowest BCUT2D eigenvalue weighted by Crippen LogP contribution is -2.50. The van der Waals surface area contributed by atoms with Gasteiger partial charge in [-0.15, -0.1) is 0 Å². The second-order valence-electron chi connectivity index (χ2n) is 7.44. The van der Waals surface area contributed by atoms with E-state index in [0.29, 0.717) is 23.9 Å². The number of amides is 2. The van der Waals surface area contributed by atoms with Gasteiger partial charge in [-0.1, -0.05) is 11.6 Å². The molecule has 0 radical (unpaired) electrons. The number of hydrogen-bond acceptors (Lipinski definition) is 7. The topological polar surface area (TPSA) is 130 Å². The summed E-state index contributed by atoms with van der Waals surface area (Å²) in [6.07, 6.45) is 2.99. The largest absolute Gasteiger partial charge is 0.383 e. The highest BCUT2D eigenvalue weighted by Crippen LogP contribution is 2.25. The predicted molar refractivity (Wildman–Crippen MR) is 118 cm³/mol. The van der Waals surface area contributed by atoms with Gasteiger partial charge in [0.25, 0.3) is 5.91 Å². The van der Waals surface area contributed by atoms with Crippen LogP contribution in [0.15, 0.2) is 24.5 Å². The number of carbonyl (C=O) groups excluding carboxylic acids is 2. The molecule has 1 aliphatic rings. The van der Waals surface area contributed by atoms with E-state index < -0.39 is 5.91 Å². The lowest BCUT2D eigenvalue weighted by atomic mass is 10.0. The minimum Gasteiger partial charge on any atom is -0.383 e. The van der Waals surface area contributed by atoms with Crippen molar-refractivity contribution in [1.29, 1.82) is 0 Å². The van der Waals surface area contributed by atoms with Gasteiger partial charge in [0, 0.05) is 36.9 Å². The van der Waals surface area contributed by atoms with Crippen molar-refractivity contribution in [2.24, 2.45) is 5.73 Å². The van der Waals surface area contributed by atoms with Crippen LogP contribution in [-0.4, -0.2) is 59.4 Å². The van der Waals surface area contributed by atoms with Crippen LogP contribution < -0.4 is 21.7 Å². The number of primary amides is 1. The number of aryl methyl sites for hydroxylation is 1. The molecule has 1 aromatic carbocycles. The Labute approximate surface area is 180 Å². The molecular weight excluding hydrogens is 406 g/mol. The number of rotatable bonds is 6. The summed E-state index contributed by atoms with van der Waals surface area (Å²) in [5.41, 5.74) is 13.2. The van der Waals surface area contributed by atoms with E-state index >= 15 is 0 Å². The minimum atomic E-state index is -0.681. The lowest BCUT2D eigenvalue weighted by Gasteiger charge is -2.38. The third kappa shape index (κ3) is 4.91. The summed E-state index contributed by atoms with van der Waals surface area (Å²) in [7, 11) is 1.82. The Balaban J connectivity index is 1.67. The summed E-state index contributed by atoms with van der Waals surface area (Å²) >= 11 is 6.08. The predicted octanol–water partition coefficient (Wildman–Crippen LogP) is 1.66. The van der Waals surface area contributed by atoms with Crippen molar-refractivity contribution >= 4 is 40.7 Å². The van der Waals surface area contributed by atoms with Crippen LogP contribution in [0.4, 0.5) is 17.3 Å². The molecule has 2 amide bonds. The fraction of sp³-hybridized carbons (Fsp3) is 0.400. The molecule has 2 heterocycles. The molecule has 0 saturated carbocycles. The van der Waals surface area contributed by atoms with Crippen LogP contribution in [0, 0.1) is 6.92 Å². The summed E-state index contributed by atoms with van der Waals surface area (Å²) < 4.78 is 0. The van der Waals surface area contributed by atoms with Crippen molar-refractivity contribution in [3.63, 3.8) is 0 Å². The Morgan fingerprint density at radius 3 is 2.80 bits per heavy atom. The van der Waals surface area contributed by atoms with Gasteiger partial charge < -0.3 is 26.6 Å². The van der Waals surface area contributed by atoms with E-state index in [1.807, 2.05) is 35.9 Å². The summed E-state index contributed by atoms with van der Waals surface area (Å²) in [5, 5.41) is 3.77. The maximum atomic E-state index is 12.8. The highest BCUT2D eigenvalue weighted by molar-refractivity contribution is 6.30. The van der Waals surface area contributed by atoms with Crippen LogP contribution in [0.25, 0.3) is 0 Å². The Hall–Kier alpha value is -3.07. The molecule has 10 heteroatoms. The number of benzene rings is 1. The quantitative estimate of drug-likeness (QED) is 0.633. The second-order valence-corrected chi connectivity index (χ2v) is 7.88. The Morgan fingerprint density at radius 2 is 2.10 bits per heavy atom. The number of likely N-dealkylation sites (N-methyl/N-ethyl adjacent to an activating group) is 1. The van der Waals surface area contributed by atoms with Gasteiger partial charge in [0.05, 0.1) is 6.54 Å². The van der Waals surface area contributed by atoms with Crippen LogP contribution in [0.5, 0.6) is 0 Å². The first-order valence-electron chi connectivity index (χ1n) is 9.68. The molecular formula is C20H26ClN7O2. The van der Waals surface area contributed by atoms with E-state index in [9.17, 15) is 9.59 Å². The molecule has 1 aromatic heterocycles. The first-order valence-corrected chi connectivity index (χ1v) is 10.1. The van der Waals surface area contributed by atoms with Crippen molar-refractivity contribution in [1.82, 2.24) is 14.9 Å². The van der Waals surface area contributed by atoms with Crippen LogP contribution in [0.1, 0.15) is 28.8 Å². The van der Waals surface area contributed by atoms with E-state index in [-0.39, 0.29) is 29.9 Å². The summed E-state index contributed by atoms with van der Waals surface area (Å²) in [6, 6.07) is 5.57. The number of hydrogen-bond donors (Lipinski definition) is 3. The molecule has 0 bridgehead atoms. The van der Waals surface area contributed by atoms with Gasteiger partial charge in [-0.2, -0.15) is 0 Å². The molecule has 5 N–H and O–H groups in total. The summed E-state index contributed by atoms with van der Waals surface area (Å²) in [5.74, 6) is -0.270. The number of nitrogens with two attached hydrogens (primary N) is 2. The molecule has 1 unspecified atom stereocenters. The van der Waals surface area contributed by atoms with Gasteiger partial charge in [0.15, 0.2) is 0 Å². The number of aromatic nitrogens is 2. The smallest absolute Gasteiger partial charge is 0.256 e. The Kier molecular flexibility index (Phi) is 6.61. The number of likely N-dealkylation sites (tertiary alicyclic amines) is 1. The SMILES string of the molecule is Cc1cc(Cl)cc(NCC(=O)N2CCCC(N(C)c3ncnc(N)c3C(N)=O)C2)c1. The van der Waals surface area contributed by atoms with Gasteiger partial charge in [-0.3, -0.25) is 9.59 Å². The lowest BCUT2D eigenvalue weighted by molar-refractivity contribution is -0.130. The molecule has 1 aliphatic heterocycles. The van der Waals surface area contributed by atoms with Gasteiger partial charge in [0.2, 0.25) is 5.91 Å². The zero-order chi connectivity index (χ0) is 21.8. The highest BCUT2D eigenvalue weighted by Gasteiger charge is 2.29. The van der Waals surface area contributed by atoms with Crippen LogP contribution in [-0.2, 0) is 4.79 Å². The van der Waals surface area contributed by atoms with Gasteiger partial charge in [-0.25, -0.2) is 9.97 Å². The summed E-state index contributed by atoms with van der Waals surface area (Å²) in [6.45, 7) is 3.30. The standard InChI is InChI=1S/C20H26ClN7O2/c1-12-6-13(21)8-14(7-12)24-9-16(29)28-5-3-4-15(10-28)27(2)20-17(19(23)30)18(22)25-11-26-20/h6-8,11,15,24H,3-5,9-10H2,1-2H3,(H2,23,30)(H2,22,25,26). The molecule has 160 valence electrons. The number of nitrogens with one attached hydrogen (secondary N) is 1. The van der Waals surface area contributed by atoms with Gasteiger partial charge >= 0.3 is 0 Å². The number of piperidine rings is 1. The first kappa shape index (κ1) is 21.6. The van der Waals surface area contributed by atoms with E-state index in [0.717, 1.165) is 24.1 Å². The molecule has 1 saturated heterocycles. The Bertz CT molecular complexity index is 932. The van der Waals surface area contributed by atoms with Crippen molar-refractivity contribution in [3.8, 4) is 0 Å². The minimum absolute atomic E-state index is 0.0111. The van der Waals surface area contributed by atoms with Crippen molar-refractivity contribution < 1.29 is 9.59 Å². The van der Waals surface area contributed by atoms with Crippen LogP contribution >= 0.6 is 11.6 Å². The van der Waals surface area contributed by atoms with Crippen molar-refractivity contribution in [2.75, 3.05) is 42.6 Å². The molecule has 3 rings (SSSR count). The van der Waals surface area contributed by atoms with Gasteiger partial charge in [0.1, 0.15) is 23.5 Å². The average Bonchev–Trinajstić information content (AvgIpc) is 2.70. The van der Waals surface area contributed by atoms with Crippen LogP contribution in [0.3, 0.4) is 0 Å². The monoisotopic (exact) mass is 431 g/mol. The van der Waals surface area contributed by atoms with E-state index in [1.54, 1.807) is 6.07 Å². The Morgan fingerprint density at radius 1 is 1.33 bits per heavy atom. The number of nitrogen functional groups attached to an aromatic ring is 1. The van der Waals surface area contributed by atoms with Gasteiger partial charge in [-0.05, 0) is 43.5 Å². The number of anilines is 3. The summed E-state index contributed by atoms with van der Waals surface area (Å²) in [4.78, 5) is 36.3. The molecule has 0 spiro atoms. The molecule has 0 aliphatic carbocycles. The number of carbonyl (C=O) groups is 2. The molecule has 1 atom stereocenters. The van der Waals surface area contributed by atoms with Crippen LogP contribution in [0.2, 0.25) is 5.02 Å². The normalized spacial score (nSPS) is 16.2. The maximum Gasteiger partial charge on any atom is 0.256 e. The third-order valence-corrected chi connectivity index (χ3v) is 5.44. The zero-order valence-corrected chi connectivity index (χ0v) is 17.8. The maximum absolute atomic E-state index is 12.8. The number of nitrogens with zero attached hydrogens (tertiary/aromatic N) is 4. The first-order chi connectivity index (χ1) is 14.3. The van der Waals surface area contributed by atoms with E-state index in [4.69, 9.17) is 23.1 Å². The average molecular weight is 432 g/mol. The fourth-order valence-electron chi connectivity index (χ4n) is 3.69.